The number of imidazole rings is 1. The van der Waals surface area contributed by atoms with Crippen molar-refractivity contribution in [2.75, 3.05) is 19.3 Å². The van der Waals surface area contributed by atoms with Crippen molar-refractivity contribution in [3.8, 4) is 11.3 Å². The van der Waals surface area contributed by atoms with E-state index in [4.69, 9.17) is 11.6 Å². The minimum absolute atomic E-state index is 0.0386. The van der Waals surface area contributed by atoms with Gasteiger partial charge in [0.05, 0.1) is 34.8 Å². The second-order valence-corrected chi connectivity index (χ2v) is 10.9. The molecule has 1 saturated heterocycles. The second kappa shape index (κ2) is 9.05. The molecule has 3 aromatic rings. The zero-order valence-electron chi connectivity index (χ0n) is 18.8. The van der Waals surface area contributed by atoms with Crippen LogP contribution in [0.5, 0.6) is 0 Å². The van der Waals surface area contributed by atoms with Crippen molar-refractivity contribution in [1.29, 1.82) is 0 Å². The van der Waals surface area contributed by atoms with Gasteiger partial charge in [0.1, 0.15) is 5.82 Å². The van der Waals surface area contributed by atoms with Gasteiger partial charge in [-0.05, 0) is 33.3 Å². The number of piperidine rings is 1. The van der Waals surface area contributed by atoms with Crippen LogP contribution in [0.15, 0.2) is 23.5 Å². The quantitative estimate of drug-likeness (QED) is 0.543. The SMILES string of the molecule is Cc1nc2ncc(-c3nc(/N=C/[C@@H]4CCN(S(C)(=O)=O)C[C@H]4O)ncc3Cl)cc2n1C(C)C. The van der Waals surface area contributed by atoms with Gasteiger partial charge in [0.25, 0.3) is 0 Å². The summed E-state index contributed by atoms with van der Waals surface area (Å²) in [6.45, 7) is 6.48. The summed E-state index contributed by atoms with van der Waals surface area (Å²) in [5, 5.41) is 10.7. The third-order valence-electron chi connectivity index (χ3n) is 5.69. The van der Waals surface area contributed by atoms with E-state index in [0.29, 0.717) is 29.3 Å². The van der Waals surface area contributed by atoms with Crippen LogP contribution in [0.25, 0.3) is 22.4 Å². The Morgan fingerprint density at radius 1 is 1.27 bits per heavy atom. The Morgan fingerprint density at radius 2 is 2.03 bits per heavy atom. The number of β-amino-alcohol motifs (C(OH)–C–C–N with tert-alkyl or cyclic N) is 1. The maximum absolute atomic E-state index is 11.7. The molecule has 0 bridgehead atoms. The number of aliphatic hydroxyl groups excluding tert-OH is 1. The number of hydrogen-bond donors (Lipinski definition) is 1. The van der Waals surface area contributed by atoms with Gasteiger partial charge in [0.2, 0.25) is 16.0 Å². The Bertz CT molecular complexity index is 1320. The van der Waals surface area contributed by atoms with Crippen molar-refractivity contribution in [2.45, 2.75) is 39.3 Å². The number of sulfonamides is 1. The van der Waals surface area contributed by atoms with Crippen LogP contribution < -0.4 is 0 Å². The lowest BCUT2D eigenvalue weighted by molar-refractivity contribution is 0.0829. The molecular formula is C21H26ClN7O3S. The van der Waals surface area contributed by atoms with Crippen molar-refractivity contribution in [1.82, 2.24) is 28.8 Å². The van der Waals surface area contributed by atoms with Crippen LogP contribution in [0.4, 0.5) is 5.95 Å². The summed E-state index contributed by atoms with van der Waals surface area (Å²) < 4.78 is 26.8. The first-order valence-electron chi connectivity index (χ1n) is 10.6. The van der Waals surface area contributed by atoms with Crippen LogP contribution in [-0.4, -0.2) is 74.0 Å². The minimum atomic E-state index is -3.34. The van der Waals surface area contributed by atoms with Gasteiger partial charge in [-0.15, -0.1) is 0 Å². The first kappa shape index (κ1) is 23.7. The highest BCUT2D eigenvalue weighted by Gasteiger charge is 2.31. The van der Waals surface area contributed by atoms with Gasteiger partial charge in [0.15, 0.2) is 5.65 Å². The molecule has 1 fully saturated rings. The average Bonchev–Trinajstić information content (AvgIpc) is 3.08. The fourth-order valence-corrected chi connectivity index (χ4v) is 5.11. The number of rotatable bonds is 5. The van der Waals surface area contributed by atoms with Crippen LogP contribution in [0.1, 0.15) is 32.1 Å². The highest BCUT2D eigenvalue weighted by atomic mass is 35.5. The molecule has 33 heavy (non-hydrogen) atoms. The Balaban J connectivity index is 1.61. The predicted molar refractivity (Wildman–Crippen MR) is 127 cm³/mol. The largest absolute Gasteiger partial charge is 0.391 e. The van der Waals surface area contributed by atoms with E-state index in [1.807, 2.05) is 13.0 Å². The lowest BCUT2D eigenvalue weighted by Gasteiger charge is -2.32. The molecule has 1 N–H and O–H groups in total. The van der Waals surface area contributed by atoms with E-state index in [1.165, 1.54) is 10.5 Å². The third kappa shape index (κ3) is 4.91. The monoisotopic (exact) mass is 491 g/mol. The number of aliphatic imine (C=N–C) groups is 1. The lowest BCUT2D eigenvalue weighted by Crippen LogP contribution is -2.46. The summed E-state index contributed by atoms with van der Waals surface area (Å²) in [4.78, 5) is 22.0. The van der Waals surface area contributed by atoms with Crippen LogP contribution in [0.2, 0.25) is 5.02 Å². The number of aliphatic hydroxyl groups is 1. The number of aryl methyl sites for hydroxylation is 1. The molecule has 0 aromatic carbocycles. The lowest BCUT2D eigenvalue weighted by atomic mass is 9.96. The van der Waals surface area contributed by atoms with Gasteiger partial charge < -0.3 is 9.67 Å². The third-order valence-corrected chi connectivity index (χ3v) is 7.24. The van der Waals surface area contributed by atoms with Crippen LogP contribution in [0.3, 0.4) is 0 Å². The normalized spacial score (nSPS) is 20.3. The van der Waals surface area contributed by atoms with E-state index in [9.17, 15) is 13.5 Å². The van der Waals surface area contributed by atoms with E-state index in [2.05, 4.69) is 43.3 Å². The highest BCUT2D eigenvalue weighted by molar-refractivity contribution is 7.88. The molecule has 1 aliphatic rings. The summed E-state index contributed by atoms with van der Waals surface area (Å²) in [5.74, 6) is 0.775. The molecule has 4 rings (SSSR count). The van der Waals surface area contributed by atoms with E-state index >= 15 is 0 Å². The van der Waals surface area contributed by atoms with Crippen LogP contribution in [-0.2, 0) is 10.0 Å². The maximum atomic E-state index is 11.7. The van der Waals surface area contributed by atoms with Gasteiger partial charge in [-0.25, -0.2) is 33.3 Å². The summed E-state index contributed by atoms with van der Waals surface area (Å²) >= 11 is 6.39. The number of halogens is 1. The Morgan fingerprint density at radius 3 is 2.70 bits per heavy atom. The number of hydrogen-bond acceptors (Lipinski definition) is 8. The second-order valence-electron chi connectivity index (χ2n) is 8.48. The standard InChI is InChI=1S/C21H26ClN7O3S/c1-12(2)29-13(3)26-20-17(29)7-15(9-23-20)19-16(22)10-25-21(27-19)24-8-14-5-6-28(11-18(14)30)33(4,31)32/h7-10,12,14,18,30H,5-6,11H2,1-4H3/b24-8+/t14-,18+/m0/s1. The first-order valence-corrected chi connectivity index (χ1v) is 12.8. The van der Waals surface area contributed by atoms with Gasteiger partial charge in [-0.3, -0.25) is 0 Å². The molecule has 1 aliphatic heterocycles. The Labute approximate surface area is 197 Å². The zero-order valence-corrected chi connectivity index (χ0v) is 20.4. The van der Waals surface area contributed by atoms with Crippen molar-refractivity contribution < 1.29 is 13.5 Å². The molecule has 0 unspecified atom stereocenters. The Hall–Kier alpha value is -2.47. The molecular weight excluding hydrogens is 466 g/mol. The summed E-state index contributed by atoms with van der Waals surface area (Å²) in [5.41, 5.74) is 2.76. The summed E-state index contributed by atoms with van der Waals surface area (Å²) in [6.07, 6.45) is 5.47. The van der Waals surface area contributed by atoms with Crippen molar-refractivity contribution in [3.63, 3.8) is 0 Å². The number of pyridine rings is 1. The fourth-order valence-electron chi connectivity index (χ4n) is 4.05. The minimum Gasteiger partial charge on any atom is -0.391 e. The molecule has 0 radical (unpaired) electrons. The van der Waals surface area contributed by atoms with Gasteiger partial charge in [-0.2, -0.15) is 4.31 Å². The number of nitrogens with zero attached hydrogens (tertiary/aromatic N) is 7. The smallest absolute Gasteiger partial charge is 0.249 e. The fraction of sp³-hybridized carbons (Fsp3) is 0.476. The van der Waals surface area contributed by atoms with Crippen molar-refractivity contribution in [2.24, 2.45) is 10.9 Å². The molecule has 3 aromatic heterocycles. The van der Waals surface area contributed by atoms with Crippen molar-refractivity contribution in [3.05, 3.63) is 29.3 Å². The zero-order chi connectivity index (χ0) is 23.9. The van der Waals surface area contributed by atoms with Gasteiger partial charge in [0, 0.05) is 43.0 Å². The van der Waals surface area contributed by atoms with E-state index in [-0.39, 0.29) is 24.5 Å². The molecule has 12 heteroatoms. The molecule has 10 nitrogen and oxygen atoms in total. The predicted octanol–water partition coefficient (Wildman–Crippen LogP) is 2.78. The number of fused-ring (bicyclic) bond motifs is 1. The molecule has 0 saturated carbocycles. The number of aromatic nitrogens is 5. The molecule has 0 amide bonds. The molecule has 176 valence electrons. The van der Waals surface area contributed by atoms with Gasteiger partial charge >= 0.3 is 0 Å². The average molecular weight is 492 g/mol. The molecule has 4 heterocycles. The molecule has 0 spiro atoms. The summed E-state index contributed by atoms with van der Waals surface area (Å²) in [7, 11) is -3.34. The van der Waals surface area contributed by atoms with Gasteiger partial charge in [-0.1, -0.05) is 11.6 Å². The Kier molecular flexibility index (Phi) is 6.50. The van der Waals surface area contributed by atoms with E-state index in [1.54, 1.807) is 12.4 Å². The highest BCUT2D eigenvalue weighted by Crippen LogP contribution is 2.30. The van der Waals surface area contributed by atoms with Crippen LogP contribution in [0, 0.1) is 12.8 Å². The van der Waals surface area contributed by atoms with Crippen LogP contribution >= 0.6 is 11.6 Å². The molecule has 2 atom stereocenters. The first-order chi connectivity index (χ1) is 15.5. The van der Waals surface area contributed by atoms with E-state index in [0.717, 1.165) is 23.2 Å². The van der Waals surface area contributed by atoms with Crippen molar-refractivity contribution >= 4 is 45.0 Å². The summed E-state index contributed by atoms with van der Waals surface area (Å²) in [6, 6.07) is 2.17. The van der Waals surface area contributed by atoms with E-state index < -0.39 is 16.1 Å². The maximum Gasteiger partial charge on any atom is 0.249 e. The molecule has 0 aliphatic carbocycles. The topological polar surface area (TPSA) is 126 Å².